The summed E-state index contributed by atoms with van der Waals surface area (Å²) in [7, 11) is 0. The molecule has 0 atom stereocenters. The van der Waals surface area contributed by atoms with Gasteiger partial charge in [0.1, 0.15) is 11.6 Å². The fourth-order valence-corrected chi connectivity index (χ4v) is 3.48. The van der Waals surface area contributed by atoms with Gasteiger partial charge in [0.15, 0.2) is 0 Å². The molecule has 0 aliphatic rings. The maximum atomic E-state index is 12.4. The molecule has 0 bridgehead atoms. The molecule has 6 heteroatoms. The Labute approximate surface area is 149 Å². The number of para-hydroxylation sites is 2. The van der Waals surface area contributed by atoms with Crippen LogP contribution in [0.15, 0.2) is 66.4 Å². The van der Waals surface area contributed by atoms with Crippen LogP contribution >= 0.6 is 11.3 Å². The Morgan fingerprint density at radius 3 is 2.80 bits per heavy atom. The molecule has 2 aromatic carbocycles. The van der Waals surface area contributed by atoms with Crippen LogP contribution in [0.4, 0.5) is 0 Å². The van der Waals surface area contributed by atoms with Crippen molar-refractivity contribution >= 4 is 28.3 Å². The van der Waals surface area contributed by atoms with Gasteiger partial charge >= 0.3 is 0 Å². The van der Waals surface area contributed by atoms with Crippen molar-refractivity contribution in [2.75, 3.05) is 0 Å². The lowest BCUT2D eigenvalue weighted by Gasteiger charge is -2.10. The van der Waals surface area contributed by atoms with Gasteiger partial charge in [-0.05, 0) is 17.7 Å². The summed E-state index contributed by atoms with van der Waals surface area (Å²) in [4.78, 5) is 21.0. The standard InChI is InChI=1S/C19H16N4OS/c24-18(12-23-13-22-16-7-3-4-8-17(16)23)21-11-14-5-1-2-6-15(14)19-20-9-10-25-19/h1-10,13H,11-12H2,(H,21,24). The molecule has 0 radical (unpaired) electrons. The summed E-state index contributed by atoms with van der Waals surface area (Å²) < 4.78 is 1.86. The molecule has 0 spiro atoms. The van der Waals surface area contributed by atoms with Crippen molar-refractivity contribution in [2.45, 2.75) is 13.1 Å². The summed E-state index contributed by atoms with van der Waals surface area (Å²) in [6, 6.07) is 15.8. The van der Waals surface area contributed by atoms with E-state index in [4.69, 9.17) is 0 Å². The number of fused-ring (bicyclic) bond motifs is 1. The van der Waals surface area contributed by atoms with E-state index in [1.54, 1.807) is 23.9 Å². The summed E-state index contributed by atoms with van der Waals surface area (Å²) in [5.41, 5.74) is 3.97. The third kappa shape index (κ3) is 3.29. The quantitative estimate of drug-likeness (QED) is 0.601. The first-order valence-electron chi connectivity index (χ1n) is 7.95. The summed E-state index contributed by atoms with van der Waals surface area (Å²) in [5, 5.41) is 5.91. The zero-order chi connectivity index (χ0) is 17.1. The number of imidazole rings is 1. The number of amides is 1. The highest BCUT2D eigenvalue weighted by molar-refractivity contribution is 7.13. The number of benzene rings is 2. The van der Waals surface area contributed by atoms with E-state index in [1.165, 1.54) is 0 Å². The largest absolute Gasteiger partial charge is 0.350 e. The van der Waals surface area contributed by atoms with E-state index in [0.29, 0.717) is 6.54 Å². The van der Waals surface area contributed by atoms with Crippen LogP contribution in [0.1, 0.15) is 5.56 Å². The van der Waals surface area contributed by atoms with Crippen molar-refractivity contribution in [1.82, 2.24) is 19.9 Å². The number of thiazole rings is 1. The fourth-order valence-electron chi connectivity index (χ4n) is 2.78. The molecule has 1 amide bonds. The van der Waals surface area contributed by atoms with E-state index in [2.05, 4.69) is 15.3 Å². The van der Waals surface area contributed by atoms with Crippen molar-refractivity contribution in [3.8, 4) is 10.6 Å². The molecule has 0 unspecified atom stereocenters. The number of hydrogen-bond donors (Lipinski definition) is 1. The fraction of sp³-hybridized carbons (Fsp3) is 0.105. The molecule has 0 saturated carbocycles. The van der Waals surface area contributed by atoms with E-state index in [1.807, 2.05) is 58.5 Å². The molecular weight excluding hydrogens is 332 g/mol. The average molecular weight is 348 g/mol. The van der Waals surface area contributed by atoms with Crippen LogP contribution < -0.4 is 5.32 Å². The van der Waals surface area contributed by atoms with Gasteiger partial charge in [0.05, 0.1) is 17.4 Å². The van der Waals surface area contributed by atoms with Gasteiger partial charge in [-0.3, -0.25) is 4.79 Å². The smallest absolute Gasteiger partial charge is 0.240 e. The minimum Gasteiger partial charge on any atom is -0.350 e. The molecule has 0 aliphatic heterocycles. The molecule has 0 fully saturated rings. The molecule has 4 rings (SSSR count). The number of carbonyl (C=O) groups is 1. The summed E-state index contributed by atoms with van der Waals surface area (Å²) >= 11 is 1.59. The van der Waals surface area contributed by atoms with E-state index < -0.39 is 0 Å². The van der Waals surface area contributed by atoms with Crippen LogP contribution in [0, 0.1) is 0 Å². The Bertz CT molecular complexity index is 1010. The van der Waals surface area contributed by atoms with Gasteiger partial charge in [-0.25, -0.2) is 9.97 Å². The van der Waals surface area contributed by atoms with E-state index in [-0.39, 0.29) is 12.5 Å². The first-order chi connectivity index (χ1) is 12.3. The monoisotopic (exact) mass is 348 g/mol. The van der Waals surface area contributed by atoms with Crippen LogP contribution in [0.25, 0.3) is 21.6 Å². The number of aromatic nitrogens is 3. The Morgan fingerprint density at radius 1 is 1.08 bits per heavy atom. The first-order valence-corrected chi connectivity index (χ1v) is 8.83. The third-order valence-corrected chi connectivity index (χ3v) is 4.80. The highest BCUT2D eigenvalue weighted by Crippen LogP contribution is 2.25. The number of rotatable bonds is 5. The van der Waals surface area contributed by atoms with E-state index in [9.17, 15) is 4.79 Å². The molecular formula is C19H16N4OS. The summed E-state index contributed by atoms with van der Waals surface area (Å²) in [6.07, 6.45) is 3.49. The molecule has 5 nitrogen and oxygen atoms in total. The topological polar surface area (TPSA) is 59.8 Å². The SMILES string of the molecule is O=C(Cn1cnc2ccccc21)NCc1ccccc1-c1nccs1. The lowest BCUT2D eigenvalue weighted by atomic mass is 10.1. The number of hydrogen-bond acceptors (Lipinski definition) is 4. The van der Waals surface area contributed by atoms with Crippen LogP contribution in [0.2, 0.25) is 0 Å². The molecule has 2 heterocycles. The zero-order valence-electron chi connectivity index (χ0n) is 13.4. The van der Waals surface area contributed by atoms with Gasteiger partial charge in [-0.2, -0.15) is 0 Å². The van der Waals surface area contributed by atoms with Gasteiger partial charge < -0.3 is 9.88 Å². The summed E-state index contributed by atoms with van der Waals surface area (Å²) in [5.74, 6) is -0.0444. The van der Waals surface area contributed by atoms with Crippen molar-refractivity contribution < 1.29 is 4.79 Å². The van der Waals surface area contributed by atoms with Crippen molar-refractivity contribution in [1.29, 1.82) is 0 Å². The molecule has 0 saturated heterocycles. The molecule has 124 valence electrons. The molecule has 0 aliphatic carbocycles. The summed E-state index contributed by atoms with van der Waals surface area (Å²) in [6.45, 7) is 0.723. The van der Waals surface area contributed by atoms with Gasteiger partial charge in [-0.1, -0.05) is 36.4 Å². The average Bonchev–Trinajstić information content (AvgIpc) is 3.31. The second kappa shape index (κ2) is 6.86. The Morgan fingerprint density at radius 2 is 1.92 bits per heavy atom. The molecule has 2 aromatic heterocycles. The van der Waals surface area contributed by atoms with Gasteiger partial charge in [0.2, 0.25) is 5.91 Å². The Kier molecular flexibility index (Phi) is 4.26. The van der Waals surface area contributed by atoms with Crippen molar-refractivity contribution in [2.24, 2.45) is 0 Å². The zero-order valence-corrected chi connectivity index (χ0v) is 14.2. The lowest BCUT2D eigenvalue weighted by molar-refractivity contribution is -0.121. The predicted molar refractivity (Wildman–Crippen MR) is 99.1 cm³/mol. The van der Waals surface area contributed by atoms with Gasteiger partial charge in [0.25, 0.3) is 0 Å². The van der Waals surface area contributed by atoms with E-state index in [0.717, 1.165) is 27.2 Å². The third-order valence-electron chi connectivity index (χ3n) is 4.00. The lowest BCUT2D eigenvalue weighted by Crippen LogP contribution is -2.27. The molecule has 1 N–H and O–H groups in total. The molecule has 4 aromatic rings. The highest BCUT2D eigenvalue weighted by Gasteiger charge is 2.10. The van der Waals surface area contributed by atoms with Crippen molar-refractivity contribution in [3.63, 3.8) is 0 Å². The van der Waals surface area contributed by atoms with Crippen LogP contribution in [0.3, 0.4) is 0 Å². The Hall–Kier alpha value is -2.99. The van der Waals surface area contributed by atoms with Crippen LogP contribution in [-0.4, -0.2) is 20.4 Å². The maximum Gasteiger partial charge on any atom is 0.240 e. The second-order valence-corrected chi connectivity index (χ2v) is 6.53. The van der Waals surface area contributed by atoms with Crippen molar-refractivity contribution in [3.05, 3.63) is 72.0 Å². The van der Waals surface area contributed by atoms with E-state index >= 15 is 0 Å². The first kappa shape index (κ1) is 15.5. The predicted octanol–water partition coefficient (Wildman–Crippen LogP) is 3.48. The minimum atomic E-state index is -0.0444. The Balaban J connectivity index is 1.46. The number of nitrogens with one attached hydrogen (secondary N) is 1. The van der Waals surface area contributed by atoms with Gasteiger partial charge in [0, 0.05) is 23.7 Å². The van der Waals surface area contributed by atoms with Gasteiger partial charge in [-0.15, -0.1) is 11.3 Å². The number of carbonyl (C=O) groups excluding carboxylic acids is 1. The minimum absolute atomic E-state index is 0.0444. The highest BCUT2D eigenvalue weighted by atomic mass is 32.1. The van der Waals surface area contributed by atoms with Crippen LogP contribution in [0.5, 0.6) is 0 Å². The van der Waals surface area contributed by atoms with Crippen LogP contribution in [-0.2, 0) is 17.9 Å². The second-order valence-electron chi connectivity index (χ2n) is 5.63. The molecule has 25 heavy (non-hydrogen) atoms. The maximum absolute atomic E-state index is 12.4. The number of nitrogens with zero attached hydrogens (tertiary/aromatic N) is 3. The normalized spacial score (nSPS) is 10.9.